The third-order valence-corrected chi connectivity index (χ3v) is 2.88. The van der Waals surface area contributed by atoms with Crippen LogP contribution in [0, 0.1) is 0 Å². The van der Waals surface area contributed by atoms with Gasteiger partial charge in [-0.2, -0.15) is 0 Å². The normalized spacial score (nSPS) is 13.9. The summed E-state index contributed by atoms with van der Waals surface area (Å²) in [5, 5.41) is 19.5. The van der Waals surface area contributed by atoms with Crippen molar-refractivity contribution in [1.82, 2.24) is 10.8 Å². The summed E-state index contributed by atoms with van der Waals surface area (Å²) in [6.45, 7) is 1.19. The van der Waals surface area contributed by atoms with E-state index in [1.807, 2.05) is 0 Å². The van der Waals surface area contributed by atoms with E-state index in [4.69, 9.17) is 16.8 Å². The third-order valence-electron chi connectivity index (χ3n) is 2.58. The average Bonchev–Trinajstić information content (AvgIpc) is 2.44. The standard InChI is InChI=1S/C12H12ClF3N2O5/c1-5(19)9(11(21)18-22)17-10(20)6-2-3-8(7(13)4-6)23-12(14,15)16/h2-5,9,19,22H,1H3,(H,17,20)(H,18,21). The van der Waals surface area contributed by atoms with Gasteiger partial charge in [-0.15, -0.1) is 13.2 Å². The molecule has 1 aromatic rings. The fourth-order valence-corrected chi connectivity index (χ4v) is 1.77. The quantitative estimate of drug-likeness (QED) is 0.469. The number of carbonyl (C=O) groups excluding carboxylic acids is 2. The highest BCUT2D eigenvalue weighted by molar-refractivity contribution is 6.32. The van der Waals surface area contributed by atoms with Crippen LogP contribution < -0.4 is 15.5 Å². The van der Waals surface area contributed by atoms with Crippen molar-refractivity contribution in [3.05, 3.63) is 28.8 Å². The van der Waals surface area contributed by atoms with Crippen LogP contribution in [0.15, 0.2) is 18.2 Å². The highest BCUT2D eigenvalue weighted by Gasteiger charge is 2.32. The third kappa shape index (κ3) is 5.58. The molecule has 0 bridgehead atoms. The molecule has 0 aliphatic rings. The number of amides is 2. The zero-order chi connectivity index (χ0) is 17.8. The summed E-state index contributed by atoms with van der Waals surface area (Å²) in [4.78, 5) is 23.2. The number of ether oxygens (including phenoxy) is 1. The second kappa shape index (κ2) is 7.49. The van der Waals surface area contributed by atoms with E-state index >= 15 is 0 Å². The van der Waals surface area contributed by atoms with Crippen LogP contribution in [0.5, 0.6) is 5.75 Å². The van der Waals surface area contributed by atoms with Crippen LogP contribution in [0.25, 0.3) is 0 Å². The molecule has 7 nitrogen and oxygen atoms in total. The number of aliphatic hydroxyl groups is 1. The smallest absolute Gasteiger partial charge is 0.404 e. The number of hydrogen-bond acceptors (Lipinski definition) is 5. The molecule has 4 N–H and O–H groups in total. The van der Waals surface area contributed by atoms with E-state index in [1.165, 1.54) is 12.4 Å². The van der Waals surface area contributed by atoms with Crippen LogP contribution in [0.1, 0.15) is 17.3 Å². The molecular formula is C12H12ClF3N2O5. The van der Waals surface area contributed by atoms with Gasteiger partial charge in [-0.1, -0.05) is 11.6 Å². The number of carbonyl (C=O) groups is 2. The van der Waals surface area contributed by atoms with Gasteiger partial charge in [0, 0.05) is 5.56 Å². The first-order chi connectivity index (χ1) is 10.5. The Kier molecular flexibility index (Phi) is 6.19. The minimum atomic E-state index is -4.94. The Morgan fingerprint density at radius 2 is 1.96 bits per heavy atom. The molecule has 0 aliphatic heterocycles. The summed E-state index contributed by atoms with van der Waals surface area (Å²) in [5.74, 6) is -2.67. The molecule has 2 atom stereocenters. The molecular weight excluding hydrogens is 345 g/mol. The summed E-state index contributed by atoms with van der Waals surface area (Å²) >= 11 is 5.59. The Morgan fingerprint density at radius 3 is 2.39 bits per heavy atom. The van der Waals surface area contributed by atoms with Gasteiger partial charge in [0.1, 0.15) is 11.8 Å². The zero-order valence-corrected chi connectivity index (χ0v) is 12.3. The second-order valence-electron chi connectivity index (χ2n) is 4.36. The maximum Gasteiger partial charge on any atom is 0.573 e. The van der Waals surface area contributed by atoms with Gasteiger partial charge >= 0.3 is 6.36 Å². The number of benzene rings is 1. The molecule has 2 unspecified atom stereocenters. The number of hydroxylamine groups is 1. The molecule has 23 heavy (non-hydrogen) atoms. The molecule has 0 aliphatic carbocycles. The molecule has 1 aromatic carbocycles. The number of aliphatic hydroxyl groups excluding tert-OH is 1. The summed E-state index contributed by atoms with van der Waals surface area (Å²) in [6.07, 6.45) is -6.28. The van der Waals surface area contributed by atoms with E-state index < -0.39 is 41.1 Å². The maximum absolute atomic E-state index is 12.1. The van der Waals surface area contributed by atoms with Crippen LogP contribution in [-0.4, -0.2) is 40.6 Å². The van der Waals surface area contributed by atoms with Gasteiger partial charge in [-0.25, -0.2) is 5.48 Å². The number of halogens is 4. The minimum absolute atomic E-state index is 0.180. The first-order valence-corrected chi connectivity index (χ1v) is 6.41. The van der Waals surface area contributed by atoms with Crippen molar-refractivity contribution in [2.45, 2.75) is 25.4 Å². The fourth-order valence-electron chi connectivity index (χ4n) is 1.55. The van der Waals surface area contributed by atoms with Crippen LogP contribution in [0.2, 0.25) is 5.02 Å². The molecule has 0 aromatic heterocycles. The van der Waals surface area contributed by atoms with Crippen LogP contribution in [0.4, 0.5) is 13.2 Å². The summed E-state index contributed by atoms with van der Waals surface area (Å²) < 4.78 is 40.0. The van der Waals surface area contributed by atoms with E-state index in [0.717, 1.165) is 18.2 Å². The van der Waals surface area contributed by atoms with Crippen molar-refractivity contribution in [2.24, 2.45) is 0 Å². The highest BCUT2D eigenvalue weighted by Crippen LogP contribution is 2.30. The van der Waals surface area contributed by atoms with Crippen LogP contribution in [0.3, 0.4) is 0 Å². The van der Waals surface area contributed by atoms with Crippen molar-refractivity contribution in [2.75, 3.05) is 0 Å². The fraction of sp³-hybridized carbons (Fsp3) is 0.333. The first-order valence-electron chi connectivity index (χ1n) is 6.03. The molecule has 0 radical (unpaired) electrons. The Morgan fingerprint density at radius 1 is 1.35 bits per heavy atom. The van der Waals surface area contributed by atoms with Gasteiger partial charge in [0.15, 0.2) is 0 Å². The van der Waals surface area contributed by atoms with Gasteiger partial charge in [-0.05, 0) is 25.1 Å². The molecule has 2 amide bonds. The summed E-state index contributed by atoms with van der Waals surface area (Å²) in [5.41, 5.74) is 1.09. The van der Waals surface area contributed by atoms with Gasteiger partial charge < -0.3 is 15.2 Å². The lowest BCUT2D eigenvalue weighted by Gasteiger charge is -2.19. The molecule has 0 saturated carbocycles. The Hall–Kier alpha value is -2.04. The van der Waals surface area contributed by atoms with Crippen LogP contribution >= 0.6 is 11.6 Å². The highest BCUT2D eigenvalue weighted by atomic mass is 35.5. The molecule has 0 spiro atoms. The predicted molar refractivity (Wildman–Crippen MR) is 71.0 cm³/mol. The lowest BCUT2D eigenvalue weighted by Crippen LogP contribution is -2.51. The summed E-state index contributed by atoms with van der Waals surface area (Å²) in [6, 6.07) is 1.23. The first kappa shape index (κ1) is 19.0. The minimum Gasteiger partial charge on any atom is -0.404 e. The van der Waals surface area contributed by atoms with Gasteiger partial charge in [0.2, 0.25) is 0 Å². The monoisotopic (exact) mass is 356 g/mol. The Bertz CT molecular complexity index is 595. The van der Waals surface area contributed by atoms with Crippen molar-refractivity contribution < 1.29 is 37.8 Å². The SMILES string of the molecule is CC(O)C(NC(=O)c1ccc(OC(F)(F)F)c(Cl)c1)C(=O)NO. The predicted octanol–water partition coefficient (Wildman–Crippen LogP) is 1.22. The number of hydrogen-bond donors (Lipinski definition) is 4. The second-order valence-corrected chi connectivity index (χ2v) is 4.77. The molecule has 1 rings (SSSR count). The number of nitrogens with one attached hydrogen (secondary N) is 2. The Balaban J connectivity index is 2.92. The Labute approximate surface area is 132 Å². The molecule has 0 fully saturated rings. The average molecular weight is 357 g/mol. The lowest BCUT2D eigenvalue weighted by molar-refractivity contribution is -0.274. The maximum atomic E-state index is 12.1. The van der Waals surface area contributed by atoms with Crippen LogP contribution in [-0.2, 0) is 4.79 Å². The van der Waals surface area contributed by atoms with Crippen molar-refractivity contribution in [3.63, 3.8) is 0 Å². The van der Waals surface area contributed by atoms with Gasteiger partial charge in [0.05, 0.1) is 11.1 Å². The van der Waals surface area contributed by atoms with E-state index in [2.05, 4.69) is 10.1 Å². The van der Waals surface area contributed by atoms with Gasteiger partial charge in [-0.3, -0.25) is 14.8 Å². The molecule has 128 valence electrons. The number of rotatable bonds is 5. The van der Waals surface area contributed by atoms with Crippen molar-refractivity contribution in [1.29, 1.82) is 0 Å². The lowest BCUT2D eigenvalue weighted by atomic mass is 10.1. The topological polar surface area (TPSA) is 108 Å². The largest absolute Gasteiger partial charge is 0.573 e. The molecule has 0 heterocycles. The summed E-state index contributed by atoms with van der Waals surface area (Å²) in [7, 11) is 0. The molecule has 11 heteroatoms. The zero-order valence-electron chi connectivity index (χ0n) is 11.5. The van der Waals surface area contributed by atoms with E-state index in [1.54, 1.807) is 0 Å². The van der Waals surface area contributed by atoms with E-state index in [0.29, 0.717) is 0 Å². The van der Waals surface area contributed by atoms with Gasteiger partial charge in [0.25, 0.3) is 11.8 Å². The van der Waals surface area contributed by atoms with E-state index in [-0.39, 0.29) is 5.56 Å². The molecule has 0 saturated heterocycles. The van der Waals surface area contributed by atoms with Crippen molar-refractivity contribution in [3.8, 4) is 5.75 Å². The number of alkyl halides is 3. The van der Waals surface area contributed by atoms with E-state index in [9.17, 15) is 27.9 Å². The van der Waals surface area contributed by atoms with Crippen molar-refractivity contribution >= 4 is 23.4 Å².